The van der Waals surface area contributed by atoms with Crippen LogP contribution in [0.5, 0.6) is 0 Å². The second-order valence-corrected chi connectivity index (χ2v) is 6.00. The van der Waals surface area contributed by atoms with E-state index in [1.165, 1.54) is 0 Å². The Balaban J connectivity index is 3.22. The number of hydrogen-bond donors (Lipinski definition) is 1. The smallest absolute Gasteiger partial charge is 0.265 e. The van der Waals surface area contributed by atoms with Gasteiger partial charge >= 0.3 is 0 Å². The average molecular weight is 317 g/mol. The number of rotatable bonds is 5. The SMILES string of the molecule is COC(c1nc(CC(C)C)c(Br)c(=O)[nH]1)C(C)C. The third-order valence-electron chi connectivity index (χ3n) is 2.68. The van der Waals surface area contributed by atoms with Crippen LogP contribution in [0.1, 0.15) is 45.3 Å². The number of ether oxygens (including phenoxy) is 1. The quantitative estimate of drug-likeness (QED) is 0.908. The zero-order chi connectivity index (χ0) is 13.9. The highest BCUT2D eigenvalue weighted by atomic mass is 79.9. The number of aromatic nitrogens is 2. The zero-order valence-electron chi connectivity index (χ0n) is 11.6. The van der Waals surface area contributed by atoms with E-state index in [1.54, 1.807) is 7.11 Å². The van der Waals surface area contributed by atoms with E-state index in [9.17, 15) is 4.79 Å². The van der Waals surface area contributed by atoms with Gasteiger partial charge in [0.25, 0.3) is 5.56 Å². The second-order valence-electron chi connectivity index (χ2n) is 5.21. The van der Waals surface area contributed by atoms with Crippen LogP contribution in [-0.2, 0) is 11.2 Å². The summed E-state index contributed by atoms with van der Waals surface area (Å²) in [7, 11) is 1.63. The fourth-order valence-electron chi connectivity index (χ4n) is 1.88. The molecule has 1 heterocycles. The Morgan fingerprint density at radius 2 is 1.94 bits per heavy atom. The van der Waals surface area contributed by atoms with Crippen LogP contribution in [0.4, 0.5) is 0 Å². The number of methoxy groups -OCH3 is 1. The van der Waals surface area contributed by atoms with Crippen molar-refractivity contribution in [2.24, 2.45) is 11.8 Å². The van der Waals surface area contributed by atoms with Crippen molar-refractivity contribution >= 4 is 15.9 Å². The summed E-state index contributed by atoms with van der Waals surface area (Å²) in [5.41, 5.74) is 0.657. The van der Waals surface area contributed by atoms with E-state index < -0.39 is 0 Å². The van der Waals surface area contributed by atoms with Gasteiger partial charge in [-0.05, 0) is 34.2 Å². The highest BCUT2D eigenvalue weighted by Gasteiger charge is 2.20. The predicted molar refractivity (Wildman–Crippen MR) is 75.7 cm³/mol. The molecule has 1 aromatic heterocycles. The van der Waals surface area contributed by atoms with Gasteiger partial charge in [-0.15, -0.1) is 0 Å². The summed E-state index contributed by atoms with van der Waals surface area (Å²) in [6.45, 7) is 8.28. The molecule has 1 aromatic rings. The van der Waals surface area contributed by atoms with Crippen molar-refractivity contribution in [3.63, 3.8) is 0 Å². The Kier molecular flexibility index (Phi) is 5.53. The fourth-order valence-corrected chi connectivity index (χ4v) is 2.23. The molecule has 1 unspecified atom stereocenters. The van der Waals surface area contributed by atoms with Crippen molar-refractivity contribution in [3.8, 4) is 0 Å². The van der Waals surface area contributed by atoms with Gasteiger partial charge in [0.05, 0.1) is 5.69 Å². The topological polar surface area (TPSA) is 55.0 Å². The highest BCUT2D eigenvalue weighted by Crippen LogP contribution is 2.23. The Hall–Kier alpha value is -0.680. The van der Waals surface area contributed by atoms with Gasteiger partial charge in [-0.3, -0.25) is 4.79 Å². The van der Waals surface area contributed by atoms with Crippen molar-refractivity contribution < 1.29 is 4.74 Å². The minimum atomic E-state index is -0.184. The summed E-state index contributed by atoms with van der Waals surface area (Å²) in [5, 5.41) is 0. The van der Waals surface area contributed by atoms with Crippen molar-refractivity contribution in [2.45, 2.75) is 40.2 Å². The van der Waals surface area contributed by atoms with E-state index in [4.69, 9.17) is 4.74 Å². The van der Waals surface area contributed by atoms with Gasteiger partial charge < -0.3 is 9.72 Å². The summed E-state index contributed by atoms with van der Waals surface area (Å²) >= 11 is 3.30. The van der Waals surface area contributed by atoms with Crippen LogP contribution >= 0.6 is 15.9 Å². The molecule has 18 heavy (non-hydrogen) atoms. The van der Waals surface area contributed by atoms with E-state index in [1.807, 2.05) is 13.8 Å². The molecule has 1 N–H and O–H groups in total. The van der Waals surface area contributed by atoms with Crippen molar-refractivity contribution in [2.75, 3.05) is 7.11 Å². The molecule has 0 aliphatic carbocycles. The zero-order valence-corrected chi connectivity index (χ0v) is 13.2. The molecule has 0 bridgehead atoms. The molecular formula is C13H21BrN2O2. The Morgan fingerprint density at radius 3 is 2.39 bits per heavy atom. The molecule has 0 aliphatic rings. The lowest BCUT2D eigenvalue weighted by Gasteiger charge is -2.19. The molecule has 0 fully saturated rings. The molecule has 0 aromatic carbocycles. The van der Waals surface area contributed by atoms with Crippen molar-refractivity contribution in [3.05, 3.63) is 26.3 Å². The standard InChI is InChI=1S/C13H21BrN2O2/c1-7(2)6-9-10(14)13(17)16-12(15-9)11(18-5)8(3)4/h7-8,11H,6H2,1-5H3,(H,15,16,17). The number of H-pyrrole nitrogens is 1. The summed E-state index contributed by atoms with van der Waals surface area (Å²) in [6, 6.07) is 0. The average Bonchev–Trinajstić information content (AvgIpc) is 2.24. The number of nitrogens with one attached hydrogen (secondary N) is 1. The molecule has 0 saturated carbocycles. The van der Waals surface area contributed by atoms with E-state index in [2.05, 4.69) is 39.7 Å². The highest BCUT2D eigenvalue weighted by molar-refractivity contribution is 9.10. The summed E-state index contributed by atoms with van der Waals surface area (Å²) in [4.78, 5) is 19.2. The lowest BCUT2D eigenvalue weighted by atomic mass is 10.1. The van der Waals surface area contributed by atoms with Crippen LogP contribution in [0.15, 0.2) is 9.27 Å². The normalized spacial score (nSPS) is 13.3. The van der Waals surface area contributed by atoms with E-state index in [0.717, 1.165) is 12.1 Å². The van der Waals surface area contributed by atoms with E-state index >= 15 is 0 Å². The largest absolute Gasteiger partial charge is 0.373 e. The number of nitrogens with zero attached hydrogens (tertiary/aromatic N) is 1. The molecular weight excluding hydrogens is 296 g/mol. The third kappa shape index (κ3) is 3.65. The minimum absolute atomic E-state index is 0.140. The van der Waals surface area contributed by atoms with Gasteiger partial charge in [-0.1, -0.05) is 27.7 Å². The fraction of sp³-hybridized carbons (Fsp3) is 0.692. The first kappa shape index (κ1) is 15.4. The molecule has 1 atom stereocenters. The molecule has 4 nitrogen and oxygen atoms in total. The number of hydrogen-bond acceptors (Lipinski definition) is 3. The first-order valence-corrected chi connectivity index (χ1v) is 6.97. The van der Waals surface area contributed by atoms with Gasteiger partial charge in [0, 0.05) is 7.11 Å². The van der Waals surface area contributed by atoms with Crippen LogP contribution in [-0.4, -0.2) is 17.1 Å². The molecule has 0 radical (unpaired) electrons. The molecule has 1 rings (SSSR count). The number of aromatic amines is 1. The predicted octanol–water partition coefficient (Wildman–Crippen LogP) is 3.07. The van der Waals surface area contributed by atoms with Crippen molar-refractivity contribution in [1.82, 2.24) is 9.97 Å². The van der Waals surface area contributed by atoms with Gasteiger partial charge in [0.15, 0.2) is 0 Å². The van der Waals surface area contributed by atoms with Crippen LogP contribution in [0.3, 0.4) is 0 Å². The van der Waals surface area contributed by atoms with Gasteiger partial charge in [0.2, 0.25) is 0 Å². The molecule has 0 saturated heterocycles. The maximum atomic E-state index is 11.9. The van der Waals surface area contributed by atoms with Gasteiger partial charge in [0.1, 0.15) is 16.4 Å². The lowest BCUT2D eigenvalue weighted by Crippen LogP contribution is -2.22. The van der Waals surface area contributed by atoms with Crippen LogP contribution in [0, 0.1) is 11.8 Å². The number of halogens is 1. The molecule has 0 spiro atoms. The maximum Gasteiger partial charge on any atom is 0.265 e. The van der Waals surface area contributed by atoms with Gasteiger partial charge in [-0.2, -0.15) is 0 Å². The lowest BCUT2D eigenvalue weighted by molar-refractivity contribution is 0.0570. The first-order valence-electron chi connectivity index (χ1n) is 6.18. The summed E-state index contributed by atoms with van der Waals surface area (Å²) in [6.07, 6.45) is 0.586. The third-order valence-corrected chi connectivity index (χ3v) is 3.50. The minimum Gasteiger partial charge on any atom is -0.373 e. The first-order chi connectivity index (χ1) is 8.36. The van der Waals surface area contributed by atoms with E-state index in [-0.39, 0.29) is 17.6 Å². The van der Waals surface area contributed by atoms with Gasteiger partial charge in [-0.25, -0.2) is 4.98 Å². The Bertz CT molecular complexity index is 455. The monoisotopic (exact) mass is 316 g/mol. The molecule has 102 valence electrons. The second kappa shape index (κ2) is 6.48. The molecule has 0 aliphatic heterocycles. The van der Waals surface area contributed by atoms with Crippen LogP contribution < -0.4 is 5.56 Å². The summed E-state index contributed by atoms with van der Waals surface area (Å²) < 4.78 is 5.93. The Morgan fingerprint density at radius 1 is 1.33 bits per heavy atom. The van der Waals surface area contributed by atoms with Crippen LogP contribution in [0.25, 0.3) is 0 Å². The Labute approximate surface area is 116 Å². The molecule has 5 heteroatoms. The van der Waals surface area contributed by atoms with Crippen LogP contribution in [0.2, 0.25) is 0 Å². The van der Waals surface area contributed by atoms with E-state index in [0.29, 0.717) is 16.2 Å². The summed E-state index contributed by atoms with van der Waals surface area (Å²) in [5.74, 6) is 1.31. The maximum absolute atomic E-state index is 11.9. The molecule has 0 amide bonds. The van der Waals surface area contributed by atoms with Crippen molar-refractivity contribution in [1.29, 1.82) is 0 Å².